The summed E-state index contributed by atoms with van der Waals surface area (Å²) in [6.45, 7) is 7.94. The van der Waals surface area contributed by atoms with Crippen molar-refractivity contribution in [2.75, 3.05) is 0 Å². The van der Waals surface area contributed by atoms with E-state index in [1.165, 1.54) is 0 Å². The second-order valence-corrected chi connectivity index (χ2v) is 11.3. The molecule has 50 heavy (non-hydrogen) atoms. The van der Waals surface area contributed by atoms with Crippen LogP contribution in [0.25, 0.3) is 55.2 Å². The van der Waals surface area contributed by atoms with Crippen LogP contribution < -0.4 is 0 Å². The van der Waals surface area contributed by atoms with Crippen molar-refractivity contribution in [3.63, 3.8) is 0 Å². The van der Waals surface area contributed by atoms with Crippen molar-refractivity contribution in [3.05, 3.63) is 121 Å². The van der Waals surface area contributed by atoms with Crippen LogP contribution in [-0.4, -0.2) is 75.5 Å². The minimum atomic E-state index is 0.922. The molecule has 250 valence electrons. The van der Waals surface area contributed by atoms with Gasteiger partial charge in [-0.25, -0.2) is 0 Å². The van der Waals surface area contributed by atoms with Gasteiger partial charge in [0, 0.05) is 37.5 Å². The topological polar surface area (TPSA) is 197 Å². The van der Waals surface area contributed by atoms with Crippen molar-refractivity contribution in [1.82, 2.24) is 75.5 Å². The fourth-order valence-corrected chi connectivity index (χ4v) is 4.97. The SMILES string of the molecule is Cc1c[nH]c2ccnnc12.Cc1cc2[nH]ccc2nn1.Cc1cc2nnccc2[nH]1.Cc1cnnc2cc[nH]c12.Cn1ccc2nnccc21. The molecule has 4 N–H and O–H groups in total. The van der Waals surface area contributed by atoms with E-state index < -0.39 is 0 Å². The number of rotatable bonds is 0. The maximum absolute atomic E-state index is 3.96. The number of aromatic nitrogens is 15. The molecule has 0 spiro atoms. The molecule has 0 radical (unpaired) electrons. The summed E-state index contributed by atoms with van der Waals surface area (Å²) < 4.78 is 2.02. The highest BCUT2D eigenvalue weighted by molar-refractivity contribution is 5.78. The molecule has 0 saturated carbocycles. The van der Waals surface area contributed by atoms with Crippen molar-refractivity contribution in [2.24, 2.45) is 7.05 Å². The van der Waals surface area contributed by atoms with Gasteiger partial charge in [-0.1, -0.05) is 0 Å². The molecule has 10 rings (SSSR count). The molecule has 0 bridgehead atoms. The largest absolute Gasteiger partial charge is 0.360 e. The molecule has 10 heterocycles. The Morgan fingerprint density at radius 3 is 2.06 bits per heavy atom. The molecule has 0 aliphatic carbocycles. The van der Waals surface area contributed by atoms with Gasteiger partial charge in [0.05, 0.1) is 58.1 Å². The van der Waals surface area contributed by atoms with Gasteiger partial charge in [-0.05, 0) is 87.4 Å². The Kier molecular flexibility index (Phi) is 10.1. The second-order valence-electron chi connectivity index (χ2n) is 11.3. The zero-order valence-corrected chi connectivity index (χ0v) is 28.2. The normalized spacial score (nSPS) is 10.5. The summed E-state index contributed by atoms with van der Waals surface area (Å²) >= 11 is 0. The molecule has 0 aromatic carbocycles. The van der Waals surface area contributed by atoms with Crippen molar-refractivity contribution < 1.29 is 0 Å². The van der Waals surface area contributed by atoms with Crippen LogP contribution in [0.3, 0.4) is 0 Å². The maximum Gasteiger partial charge on any atom is 0.113 e. The first-order valence-electron chi connectivity index (χ1n) is 15.6. The van der Waals surface area contributed by atoms with Crippen LogP contribution in [0.2, 0.25) is 0 Å². The number of hydrogen-bond acceptors (Lipinski definition) is 10. The summed E-state index contributed by atoms with van der Waals surface area (Å²) in [6.07, 6.45) is 14.4. The summed E-state index contributed by atoms with van der Waals surface area (Å²) in [5, 5.41) is 38.7. The smallest absolute Gasteiger partial charge is 0.113 e. The average Bonchev–Trinajstić information content (AvgIpc) is 3.98. The van der Waals surface area contributed by atoms with Crippen LogP contribution in [0.1, 0.15) is 22.5 Å². The summed E-state index contributed by atoms with van der Waals surface area (Å²) in [5.41, 5.74) is 14.4. The third-order valence-corrected chi connectivity index (χ3v) is 7.50. The number of aryl methyl sites for hydroxylation is 5. The molecule has 10 aromatic heterocycles. The van der Waals surface area contributed by atoms with Gasteiger partial charge in [-0.15, -0.1) is 25.5 Å². The molecule has 0 aliphatic heterocycles. The number of hydrogen-bond donors (Lipinski definition) is 4. The summed E-state index contributed by atoms with van der Waals surface area (Å²) in [4.78, 5) is 12.4. The molecule has 0 fully saturated rings. The van der Waals surface area contributed by atoms with Crippen LogP contribution >= 0.6 is 0 Å². The summed E-state index contributed by atoms with van der Waals surface area (Å²) in [5.74, 6) is 0. The lowest BCUT2D eigenvalue weighted by Crippen LogP contribution is -1.85. The van der Waals surface area contributed by atoms with E-state index in [2.05, 4.69) is 70.9 Å². The Balaban J connectivity index is 0.000000108. The first kappa shape index (κ1) is 33.0. The van der Waals surface area contributed by atoms with E-state index in [1.54, 1.807) is 24.8 Å². The van der Waals surface area contributed by atoms with E-state index in [0.717, 1.165) is 77.7 Å². The predicted molar refractivity (Wildman–Crippen MR) is 193 cm³/mol. The van der Waals surface area contributed by atoms with E-state index in [-0.39, 0.29) is 0 Å². The monoisotopic (exact) mass is 665 g/mol. The lowest BCUT2D eigenvalue weighted by Gasteiger charge is -1.90. The zero-order chi connectivity index (χ0) is 34.9. The van der Waals surface area contributed by atoms with Crippen LogP contribution in [0.4, 0.5) is 0 Å². The molecule has 0 saturated heterocycles. The van der Waals surface area contributed by atoms with E-state index in [4.69, 9.17) is 0 Å². The molecule has 10 aromatic rings. The highest BCUT2D eigenvalue weighted by Crippen LogP contribution is 2.13. The average molecular weight is 666 g/mol. The van der Waals surface area contributed by atoms with E-state index in [0.29, 0.717) is 0 Å². The van der Waals surface area contributed by atoms with Gasteiger partial charge in [-0.3, -0.25) is 0 Å². The lowest BCUT2D eigenvalue weighted by molar-refractivity contribution is 0.962. The first-order chi connectivity index (χ1) is 24.4. The number of nitrogens with one attached hydrogen (secondary N) is 4. The lowest BCUT2D eigenvalue weighted by atomic mass is 10.3. The highest BCUT2D eigenvalue weighted by atomic mass is 15.1. The van der Waals surface area contributed by atoms with Gasteiger partial charge in [0.25, 0.3) is 0 Å². The van der Waals surface area contributed by atoms with Crippen LogP contribution in [0.15, 0.2) is 98.1 Å². The van der Waals surface area contributed by atoms with Gasteiger partial charge >= 0.3 is 0 Å². The molecule has 0 unspecified atom stereocenters. The molecule has 0 atom stereocenters. The fraction of sp³-hybridized carbons (Fsp3) is 0.143. The molecule has 0 aliphatic rings. The Bertz CT molecular complexity index is 2460. The van der Waals surface area contributed by atoms with Gasteiger partial charge in [0.1, 0.15) is 27.6 Å². The van der Waals surface area contributed by atoms with Gasteiger partial charge < -0.3 is 24.5 Å². The molecular formula is C35H35N15. The minimum absolute atomic E-state index is 0.922. The first-order valence-corrected chi connectivity index (χ1v) is 15.6. The highest BCUT2D eigenvalue weighted by Gasteiger charge is 1.99. The predicted octanol–water partition coefficient (Wildman–Crippen LogP) is 6.03. The Morgan fingerprint density at radius 2 is 1.28 bits per heavy atom. The Labute approximate surface area is 285 Å². The Morgan fingerprint density at radius 1 is 0.560 bits per heavy atom. The quantitative estimate of drug-likeness (QED) is 0.148. The Hall–Kier alpha value is -6.90. The van der Waals surface area contributed by atoms with Crippen LogP contribution in [0.5, 0.6) is 0 Å². The molecule has 15 nitrogen and oxygen atoms in total. The van der Waals surface area contributed by atoms with Crippen molar-refractivity contribution in [1.29, 1.82) is 0 Å². The molecule has 0 amide bonds. The van der Waals surface area contributed by atoms with Gasteiger partial charge in [-0.2, -0.15) is 25.5 Å². The fourth-order valence-electron chi connectivity index (χ4n) is 4.97. The van der Waals surface area contributed by atoms with Crippen LogP contribution in [0, 0.1) is 27.7 Å². The van der Waals surface area contributed by atoms with E-state index >= 15 is 0 Å². The maximum atomic E-state index is 3.96. The number of fused-ring (bicyclic) bond motifs is 5. The van der Waals surface area contributed by atoms with Crippen molar-refractivity contribution >= 4 is 55.2 Å². The number of H-pyrrole nitrogens is 4. The number of nitrogens with zero attached hydrogens (tertiary/aromatic N) is 11. The standard InChI is InChI=1S/5C7H7N3/c1-10-5-3-6-7(10)2-4-8-9-6;1-5-4-8-6-2-3-9-10-7(5)6;1-5-4-9-10-6-2-3-8-7(5)6;1-5-4-7-6(9-5)2-3-8-10-7;1-5-4-7-6(10-9-5)2-3-8-7/h2-5H,1H3;2*2-4,8H,1H3;2-4,9H,1H3;2-4,8H,1H3. The van der Waals surface area contributed by atoms with E-state index in [1.807, 2.05) is 113 Å². The van der Waals surface area contributed by atoms with Crippen LogP contribution in [-0.2, 0) is 7.05 Å². The third kappa shape index (κ3) is 7.96. The zero-order valence-electron chi connectivity index (χ0n) is 28.2. The summed E-state index contributed by atoms with van der Waals surface area (Å²) in [7, 11) is 1.99. The number of aromatic amines is 4. The van der Waals surface area contributed by atoms with Gasteiger partial charge in [0.2, 0.25) is 0 Å². The van der Waals surface area contributed by atoms with E-state index in [9.17, 15) is 0 Å². The van der Waals surface area contributed by atoms with Crippen molar-refractivity contribution in [3.8, 4) is 0 Å². The minimum Gasteiger partial charge on any atom is -0.360 e. The molecular weight excluding hydrogens is 630 g/mol. The van der Waals surface area contributed by atoms with Gasteiger partial charge in [0.15, 0.2) is 0 Å². The van der Waals surface area contributed by atoms with Crippen molar-refractivity contribution in [2.45, 2.75) is 27.7 Å². The molecule has 15 heteroatoms. The third-order valence-electron chi connectivity index (χ3n) is 7.50. The second kappa shape index (κ2) is 15.3. The summed E-state index contributed by atoms with van der Waals surface area (Å²) in [6, 6.07) is 15.5.